The zero-order valence-corrected chi connectivity index (χ0v) is 15.1. The van der Waals surface area contributed by atoms with Crippen LogP contribution in [0, 0.1) is 0 Å². The summed E-state index contributed by atoms with van der Waals surface area (Å²) in [6.45, 7) is 5.60. The highest BCUT2D eigenvalue weighted by Gasteiger charge is 2.49. The Morgan fingerprint density at radius 3 is 2.44 bits per heavy atom. The number of esters is 1. The zero-order chi connectivity index (χ0) is 17.3. The van der Waals surface area contributed by atoms with Gasteiger partial charge in [-0.25, -0.2) is 4.79 Å². The second-order valence-corrected chi connectivity index (χ2v) is 7.40. The maximum Gasteiger partial charge on any atom is 0.339 e. The van der Waals surface area contributed by atoms with E-state index >= 15 is 0 Å². The third-order valence-corrected chi connectivity index (χ3v) is 5.98. The van der Waals surface area contributed by atoms with Crippen LogP contribution in [-0.2, 0) is 15.0 Å². The molecule has 0 atom stereocenters. The molecule has 2 aliphatic heterocycles. The summed E-state index contributed by atoms with van der Waals surface area (Å²) in [6, 6.07) is 6.48. The topological polar surface area (TPSA) is 42.0 Å². The molecule has 136 valence electrons. The minimum absolute atomic E-state index is 0.104. The van der Waals surface area contributed by atoms with Crippen molar-refractivity contribution in [1.82, 2.24) is 4.90 Å². The molecular formula is C20H28N2O3. The van der Waals surface area contributed by atoms with E-state index in [9.17, 15) is 4.79 Å². The van der Waals surface area contributed by atoms with Crippen LogP contribution in [0.4, 0.5) is 5.69 Å². The highest BCUT2D eigenvalue weighted by molar-refractivity contribution is 5.96. The molecule has 1 aromatic rings. The van der Waals surface area contributed by atoms with E-state index in [1.54, 1.807) is 0 Å². The Morgan fingerprint density at radius 1 is 1.08 bits per heavy atom. The van der Waals surface area contributed by atoms with Crippen molar-refractivity contribution in [2.24, 2.45) is 0 Å². The van der Waals surface area contributed by atoms with Crippen LogP contribution in [0.2, 0.25) is 0 Å². The van der Waals surface area contributed by atoms with E-state index in [0.717, 1.165) is 63.5 Å². The lowest BCUT2D eigenvalue weighted by atomic mass is 9.97. The molecule has 3 fully saturated rings. The van der Waals surface area contributed by atoms with Crippen LogP contribution in [-0.4, -0.2) is 57.4 Å². The smallest absolute Gasteiger partial charge is 0.339 e. The first-order valence-corrected chi connectivity index (χ1v) is 9.55. The van der Waals surface area contributed by atoms with E-state index in [1.807, 2.05) is 0 Å². The molecule has 1 aromatic carbocycles. The highest BCUT2D eigenvalue weighted by atomic mass is 16.5. The molecule has 0 amide bonds. The average Bonchev–Trinajstić information content (AvgIpc) is 3.50. The van der Waals surface area contributed by atoms with Gasteiger partial charge in [0.25, 0.3) is 0 Å². The van der Waals surface area contributed by atoms with Crippen LogP contribution in [0.3, 0.4) is 0 Å². The molecule has 1 saturated carbocycles. The number of nitrogens with zero attached hydrogens (tertiary/aromatic N) is 2. The van der Waals surface area contributed by atoms with Crippen molar-refractivity contribution in [3.05, 3.63) is 29.3 Å². The molecule has 2 saturated heterocycles. The van der Waals surface area contributed by atoms with Crippen molar-refractivity contribution in [2.75, 3.05) is 51.4 Å². The van der Waals surface area contributed by atoms with Crippen molar-refractivity contribution < 1.29 is 14.3 Å². The molecule has 0 bridgehead atoms. The minimum Gasteiger partial charge on any atom is -0.465 e. The van der Waals surface area contributed by atoms with Gasteiger partial charge in [0.1, 0.15) is 0 Å². The van der Waals surface area contributed by atoms with Gasteiger partial charge in [-0.1, -0.05) is 6.07 Å². The lowest BCUT2D eigenvalue weighted by Gasteiger charge is -2.36. The van der Waals surface area contributed by atoms with E-state index in [1.165, 1.54) is 31.9 Å². The van der Waals surface area contributed by atoms with Crippen LogP contribution in [0.1, 0.15) is 48.0 Å². The van der Waals surface area contributed by atoms with Gasteiger partial charge in [0, 0.05) is 31.7 Å². The molecule has 5 nitrogen and oxygen atoms in total. The molecular weight excluding hydrogens is 316 g/mol. The van der Waals surface area contributed by atoms with Crippen LogP contribution < -0.4 is 4.90 Å². The van der Waals surface area contributed by atoms with E-state index in [0.29, 0.717) is 0 Å². The Bertz CT molecular complexity index is 630. The number of benzene rings is 1. The molecule has 1 aliphatic carbocycles. The van der Waals surface area contributed by atoms with Crippen molar-refractivity contribution in [3.8, 4) is 0 Å². The highest BCUT2D eigenvalue weighted by Crippen LogP contribution is 2.51. The number of morpholine rings is 1. The van der Waals surface area contributed by atoms with Gasteiger partial charge in [-0.3, -0.25) is 4.90 Å². The number of hydrogen-bond acceptors (Lipinski definition) is 5. The average molecular weight is 344 g/mol. The maximum absolute atomic E-state index is 12.5. The fraction of sp³-hybridized carbons (Fsp3) is 0.650. The number of ether oxygens (including phenoxy) is 2. The Hall–Kier alpha value is -1.59. The Kier molecular flexibility index (Phi) is 4.69. The van der Waals surface area contributed by atoms with Crippen LogP contribution in [0.5, 0.6) is 0 Å². The fourth-order valence-corrected chi connectivity index (χ4v) is 4.41. The van der Waals surface area contributed by atoms with Crippen molar-refractivity contribution in [3.63, 3.8) is 0 Å². The number of anilines is 1. The lowest BCUT2D eigenvalue weighted by Crippen LogP contribution is -2.43. The Morgan fingerprint density at radius 2 is 1.80 bits per heavy atom. The largest absolute Gasteiger partial charge is 0.465 e. The summed E-state index contributed by atoms with van der Waals surface area (Å²) in [7, 11) is 1.48. The van der Waals surface area contributed by atoms with Crippen LogP contribution in [0.25, 0.3) is 0 Å². The molecule has 0 N–H and O–H groups in total. The number of carbonyl (C=O) groups is 1. The number of methoxy groups -OCH3 is 1. The van der Waals surface area contributed by atoms with Crippen molar-refractivity contribution in [1.29, 1.82) is 0 Å². The fourth-order valence-electron chi connectivity index (χ4n) is 4.41. The van der Waals surface area contributed by atoms with Gasteiger partial charge in [-0.2, -0.15) is 0 Å². The molecule has 3 aliphatic rings. The van der Waals surface area contributed by atoms with Gasteiger partial charge in [0.05, 0.1) is 31.6 Å². The Labute approximate surface area is 149 Å². The molecule has 0 radical (unpaired) electrons. The first-order valence-electron chi connectivity index (χ1n) is 9.55. The molecule has 25 heavy (non-hydrogen) atoms. The normalized spacial score (nSPS) is 23.3. The number of hydrogen-bond donors (Lipinski definition) is 0. The van der Waals surface area contributed by atoms with E-state index in [4.69, 9.17) is 9.47 Å². The lowest BCUT2D eigenvalue weighted by molar-refractivity contribution is 0.00831. The summed E-state index contributed by atoms with van der Waals surface area (Å²) < 4.78 is 10.6. The summed E-state index contributed by atoms with van der Waals surface area (Å²) in [4.78, 5) is 17.3. The van der Waals surface area contributed by atoms with E-state index in [2.05, 4.69) is 28.0 Å². The summed E-state index contributed by atoms with van der Waals surface area (Å²) in [6.07, 6.45) is 6.00. The maximum atomic E-state index is 12.5. The van der Waals surface area contributed by atoms with E-state index in [-0.39, 0.29) is 11.5 Å². The van der Waals surface area contributed by atoms with Gasteiger partial charge in [-0.05, 0) is 49.8 Å². The van der Waals surface area contributed by atoms with Crippen molar-refractivity contribution in [2.45, 2.75) is 37.6 Å². The third kappa shape index (κ3) is 3.15. The molecule has 0 spiro atoms. The predicted octanol–water partition coefficient (Wildman–Crippen LogP) is 2.78. The molecule has 2 heterocycles. The van der Waals surface area contributed by atoms with Gasteiger partial charge < -0.3 is 14.4 Å². The number of rotatable bonds is 4. The molecule has 0 unspecified atom stereocenters. The summed E-state index contributed by atoms with van der Waals surface area (Å²) >= 11 is 0. The second kappa shape index (κ2) is 6.96. The van der Waals surface area contributed by atoms with Gasteiger partial charge in [0.15, 0.2) is 0 Å². The van der Waals surface area contributed by atoms with E-state index < -0.39 is 0 Å². The number of piperidine rings is 1. The van der Waals surface area contributed by atoms with Crippen molar-refractivity contribution >= 4 is 11.7 Å². The molecule has 4 rings (SSSR count). The van der Waals surface area contributed by atoms with Gasteiger partial charge in [-0.15, -0.1) is 0 Å². The first kappa shape index (κ1) is 16.9. The van der Waals surface area contributed by atoms with Gasteiger partial charge >= 0.3 is 5.97 Å². The monoisotopic (exact) mass is 344 g/mol. The summed E-state index contributed by atoms with van der Waals surface area (Å²) in [5.41, 5.74) is 3.12. The Balaban J connectivity index is 1.66. The minimum atomic E-state index is -0.222. The third-order valence-electron chi connectivity index (χ3n) is 5.98. The number of carbonyl (C=O) groups excluding carboxylic acids is 1. The standard InChI is InChI=1S/C20H28N2O3/c1-24-19(23)17-15-16(5-6-18(17)21-9-3-2-4-10-21)20(7-8-20)22-11-13-25-14-12-22/h5-6,15H,2-4,7-14H2,1H3. The summed E-state index contributed by atoms with van der Waals surface area (Å²) in [5.74, 6) is -0.222. The van der Waals surface area contributed by atoms with Gasteiger partial charge in [0.2, 0.25) is 0 Å². The molecule has 0 aromatic heterocycles. The first-order chi connectivity index (χ1) is 12.2. The zero-order valence-electron chi connectivity index (χ0n) is 15.1. The van der Waals surface area contributed by atoms with Crippen LogP contribution in [0.15, 0.2) is 18.2 Å². The SMILES string of the molecule is COC(=O)c1cc(C2(N3CCOCC3)CC2)ccc1N1CCCCC1. The second-order valence-electron chi connectivity index (χ2n) is 7.40. The van der Waals surface area contributed by atoms with Crippen LogP contribution >= 0.6 is 0 Å². The summed E-state index contributed by atoms with van der Waals surface area (Å²) in [5, 5.41) is 0. The predicted molar refractivity (Wildman–Crippen MR) is 97.1 cm³/mol. The quantitative estimate of drug-likeness (QED) is 0.786. The molecule has 5 heteroatoms.